The SMILES string of the molecule is COc1ccc(/C=C/C(=O)N2CCN(c3ccc(F)cc3)CC2)cc1OC. The second-order valence-corrected chi connectivity index (χ2v) is 6.24. The smallest absolute Gasteiger partial charge is 0.246 e. The summed E-state index contributed by atoms with van der Waals surface area (Å²) in [5, 5.41) is 0. The number of amides is 1. The average molecular weight is 370 g/mol. The Labute approximate surface area is 158 Å². The van der Waals surface area contributed by atoms with E-state index in [1.807, 2.05) is 23.1 Å². The van der Waals surface area contributed by atoms with Gasteiger partial charge in [-0.1, -0.05) is 6.07 Å². The first-order chi connectivity index (χ1) is 13.1. The van der Waals surface area contributed by atoms with Gasteiger partial charge in [-0.05, 0) is 48.0 Å². The van der Waals surface area contributed by atoms with Crippen molar-refractivity contribution < 1.29 is 18.7 Å². The second kappa shape index (κ2) is 8.58. The molecule has 3 rings (SSSR count). The average Bonchev–Trinajstić information content (AvgIpc) is 2.72. The van der Waals surface area contributed by atoms with Gasteiger partial charge >= 0.3 is 0 Å². The van der Waals surface area contributed by atoms with Gasteiger partial charge in [0.2, 0.25) is 5.91 Å². The lowest BCUT2D eigenvalue weighted by Crippen LogP contribution is -2.48. The normalized spacial score (nSPS) is 14.5. The molecule has 0 aromatic heterocycles. The van der Waals surface area contributed by atoms with Crippen LogP contribution in [-0.2, 0) is 4.79 Å². The van der Waals surface area contributed by atoms with Gasteiger partial charge in [-0.15, -0.1) is 0 Å². The van der Waals surface area contributed by atoms with E-state index in [0.29, 0.717) is 24.6 Å². The van der Waals surface area contributed by atoms with Crippen molar-refractivity contribution in [2.45, 2.75) is 0 Å². The number of nitrogens with zero attached hydrogens (tertiary/aromatic N) is 2. The Balaban J connectivity index is 1.58. The van der Waals surface area contributed by atoms with E-state index in [4.69, 9.17) is 9.47 Å². The molecule has 1 saturated heterocycles. The van der Waals surface area contributed by atoms with Crippen LogP contribution in [-0.4, -0.2) is 51.2 Å². The van der Waals surface area contributed by atoms with Crippen molar-refractivity contribution in [1.29, 1.82) is 0 Å². The van der Waals surface area contributed by atoms with Crippen LogP contribution in [0.5, 0.6) is 11.5 Å². The van der Waals surface area contributed by atoms with Gasteiger partial charge in [0.15, 0.2) is 11.5 Å². The summed E-state index contributed by atoms with van der Waals surface area (Å²) in [6, 6.07) is 12.0. The molecule has 1 aliphatic rings. The molecule has 142 valence electrons. The monoisotopic (exact) mass is 370 g/mol. The third-order valence-electron chi connectivity index (χ3n) is 4.61. The number of carbonyl (C=O) groups excluding carboxylic acids is 1. The summed E-state index contributed by atoms with van der Waals surface area (Å²) in [4.78, 5) is 16.4. The Morgan fingerprint density at radius 3 is 2.26 bits per heavy atom. The molecule has 1 amide bonds. The van der Waals surface area contributed by atoms with Crippen molar-refractivity contribution >= 4 is 17.7 Å². The molecule has 0 saturated carbocycles. The van der Waals surface area contributed by atoms with Crippen LogP contribution in [0, 0.1) is 5.82 Å². The zero-order valence-electron chi connectivity index (χ0n) is 15.5. The molecule has 27 heavy (non-hydrogen) atoms. The van der Waals surface area contributed by atoms with Crippen LogP contribution < -0.4 is 14.4 Å². The van der Waals surface area contributed by atoms with Crippen molar-refractivity contribution in [3.05, 3.63) is 59.9 Å². The molecule has 0 aliphatic carbocycles. The summed E-state index contributed by atoms with van der Waals surface area (Å²) in [5.74, 6) is 1.01. The lowest BCUT2D eigenvalue weighted by molar-refractivity contribution is -0.126. The molecule has 1 heterocycles. The summed E-state index contributed by atoms with van der Waals surface area (Å²) >= 11 is 0. The summed E-state index contributed by atoms with van der Waals surface area (Å²) in [6.07, 6.45) is 3.35. The van der Waals surface area contributed by atoms with Crippen molar-refractivity contribution in [2.75, 3.05) is 45.3 Å². The van der Waals surface area contributed by atoms with Gasteiger partial charge in [0, 0.05) is 37.9 Å². The number of anilines is 1. The molecule has 0 N–H and O–H groups in total. The molecule has 0 spiro atoms. The minimum Gasteiger partial charge on any atom is -0.493 e. The van der Waals surface area contributed by atoms with E-state index in [-0.39, 0.29) is 11.7 Å². The predicted octanol–water partition coefficient (Wildman–Crippen LogP) is 3.20. The summed E-state index contributed by atoms with van der Waals surface area (Å²) in [7, 11) is 3.17. The first-order valence-electron chi connectivity index (χ1n) is 8.80. The topological polar surface area (TPSA) is 42.0 Å². The van der Waals surface area contributed by atoms with Gasteiger partial charge < -0.3 is 19.3 Å². The lowest BCUT2D eigenvalue weighted by atomic mass is 10.1. The first-order valence-corrected chi connectivity index (χ1v) is 8.80. The zero-order chi connectivity index (χ0) is 19.2. The molecule has 1 fully saturated rings. The number of methoxy groups -OCH3 is 2. The van der Waals surface area contributed by atoms with Crippen LogP contribution in [0.4, 0.5) is 10.1 Å². The van der Waals surface area contributed by atoms with Gasteiger partial charge in [-0.3, -0.25) is 4.79 Å². The molecule has 0 radical (unpaired) electrons. The predicted molar refractivity (Wildman–Crippen MR) is 104 cm³/mol. The van der Waals surface area contributed by atoms with Crippen molar-refractivity contribution in [2.24, 2.45) is 0 Å². The van der Waals surface area contributed by atoms with E-state index in [1.165, 1.54) is 12.1 Å². The Morgan fingerprint density at radius 2 is 1.63 bits per heavy atom. The molecule has 2 aromatic rings. The van der Waals surface area contributed by atoms with E-state index in [2.05, 4.69) is 4.90 Å². The van der Waals surface area contributed by atoms with Crippen LogP contribution in [0.1, 0.15) is 5.56 Å². The number of hydrogen-bond acceptors (Lipinski definition) is 4. The highest BCUT2D eigenvalue weighted by atomic mass is 19.1. The molecule has 5 nitrogen and oxygen atoms in total. The van der Waals surface area contributed by atoms with E-state index >= 15 is 0 Å². The fourth-order valence-electron chi connectivity index (χ4n) is 3.07. The quantitative estimate of drug-likeness (QED) is 0.758. The number of ether oxygens (including phenoxy) is 2. The van der Waals surface area contributed by atoms with Crippen molar-refractivity contribution in [3.8, 4) is 11.5 Å². The van der Waals surface area contributed by atoms with E-state index < -0.39 is 0 Å². The number of piperazine rings is 1. The minimum absolute atomic E-state index is 0.0245. The summed E-state index contributed by atoms with van der Waals surface area (Å²) < 4.78 is 23.5. The Morgan fingerprint density at radius 1 is 0.963 bits per heavy atom. The van der Waals surface area contributed by atoms with E-state index in [1.54, 1.807) is 38.5 Å². The Bertz CT molecular complexity index is 813. The number of halogens is 1. The molecular formula is C21H23FN2O3. The maximum Gasteiger partial charge on any atom is 0.246 e. The van der Waals surface area contributed by atoms with Gasteiger partial charge in [0.25, 0.3) is 0 Å². The Hall–Kier alpha value is -3.02. The highest BCUT2D eigenvalue weighted by Crippen LogP contribution is 2.28. The van der Waals surface area contributed by atoms with E-state index in [0.717, 1.165) is 24.3 Å². The van der Waals surface area contributed by atoms with Crippen LogP contribution in [0.3, 0.4) is 0 Å². The van der Waals surface area contributed by atoms with Crippen LogP contribution in [0.15, 0.2) is 48.5 Å². The van der Waals surface area contributed by atoms with Crippen molar-refractivity contribution in [3.63, 3.8) is 0 Å². The van der Waals surface area contributed by atoms with Crippen LogP contribution >= 0.6 is 0 Å². The molecule has 2 aromatic carbocycles. The highest BCUT2D eigenvalue weighted by Gasteiger charge is 2.19. The maximum atomic E-state index is 13.0. The van der Waals surface area contributed by atoms with Crippen LogP contribution in [0.2, 0.25) is 0 Å². The molecule has 1 aliphatic heterocycles. The molecule has 0 unspecified atom stereocenters. The maximum absolute atomic E-state index is 13.0. The first kappa shape index (κ1) is 18.8. The fourth-order valence-corrected chi connectivity index (χ4v) is 3.07. The van der Waals surface area contributed by atoms with Gasteiger partial charge in [-0.2, -0.15) is 0 Å². The number of rotatable bonds is 5. The summed E-state index contributed by atoms with van der Waals surface area (Å²) in [5.41, 5.74) is 1.84. The van der Waals surface area contributed by atoms with Crippen LogP contribution in [0.25, 0.3) is 6.08 Å². The highest BCUT2D eigenvalue weighted by molar-refractivity contribution is 5.92. The lowest BCUT2D eigenvalue weighted by Gasteiger charge is -2.35. The fraction of sp³-hybridized carbons (Fsp3) is 0.286. The third-order valence-corrected chi connectivity index (χ3v) is 4.61. The molecule has 0 atom stereocenters. The summed E-state index contributed by atoms with van der Waals surface area (Å²) in [6.45, 7) is 2.71. The molecule has 0 bridgehead atoms. The molecule has 6 heteroatoms. The van der Waals surface area contributed by atoms with Gasteiger partial charge in [0.1, 0.15) is 5.82 Å². The van der Waals surface area contributed by atoms with Gasteiger partial charge in [0.05, 0.1) is 14.2 Å². The van der Waals surface area contributed by atoms with E-state index in [9.17, 15) is 9.18 Å². The number of carbonyl (C=O) groups is 1. The third kappa shape index (κ3) is 4.58. The number of hydrogen-bond donors (Lipinski definition) is 0. The Kier molecular flexibility index (Phi) is 5.96. The standard InChI is InChI=1S/C21H23FN2O3/c1-26-19-9-3-16(15-20(19)27-2)4-10-21(25)24-13-11-23(12-14-24)18-7-5-17(22)6-8-18/h3-10,15H,11-14H2,1-2H3/b10-4+. The van der Waals surface area contributed by atoms with Gasteiger partial charge in [-0.25, -0.2) is 4.39 Å². The minimum atomic E-state index is -0.243. The largest absolute Gasteiger partial charge is 0.493 e. The number of benzene rings is 2. The second-order valence-electron chi connectivity index (χ2n) is 6.24. The zero-order valence-corrected chi connectivity index (χ0v) is 15.5. The molecular weight excluding hydrogens is 347 g/mol. The van der Waals surface area contributed by atoms with Crippen molar-refractivity contribution in [1.82, 2.24) is 4.90 Å².